The molecule has 4 nitrogen and oxygen atoms in total. The minimum atomic E-state index is -3.91. The third-order valence-corrected chi connectivity index (χ3v) is 5.77. The fourth-order valence-electron chi connectivity index (χ4n) is 2.32. The van der Waals surface area contributed by atoms with E-state index in [0.717, 1.165) is 12.1 Å². The van der Waals surface area contributed by atoms with E-state index in [1.807, 2.05) is 0 Å². The van der Waals surface area contributed by atoms with Crippen LogP contribution in [0.1, 0.15) is 13.8 Å². The number of benzene rings is 1. The van der Waals surface area contributed by atoms with E-state index in [9.17, 15) is 12.8 Å². The Bertz CT molecular complexity index is 636. The van der Waals surface area contributed by atoms with Crippen molar-refractivity contribution in [1.29, 1.82) is 0 Å². The molecule has 2 rings (SSSR count). The number of sulfonamides is 1. The Morgan fingerprint density at radius 1 is 1.48 bits per heavy atom. The number of rotatable bonds is 3. The fourth-order valence-corrected chi connectivity index (χ4v) is 4.59. The van der Waals surface area contributed by atoms with E-state index in [1.165, 1.54) is 10.4 Å². The Kier molecular flexibility index (Phi) is 4.85. The largest absolute Gasteiger partial charge is 0.368 e. The van der Waals surface area contributed by atoms with Crippen LogP contribution in [-0.2, 0) is 14.8 Å². The lowest BCUT2D eigenvalue weighted by molar-refractivity contribution is -0.107. The van der Waals surface area contributed by atoms with Gasteiger partial charge in [0.2, 0.25) is 10.0 Å². The summed E-state index contributed by atoms with van der Waals surface area (Å²) in [5, 5.41) is -0.0110. The molecule has 1 aromatic carbocycles. The van der Waals surface area contributed by atoms with Crippen molar-refractivity contribution in [2.45, 2.75) is 30.4 Å². The van der Waals surface area contributed by atoms with Crippen LogP contribution in [0, 0.1) is 5.82 Å². The zero-order valence-electron chi connectivity index (χ0n) is 11.6. The van der Waals surface area contributed by atoms with Crippen LogP contribution in [0.3, 0.4) is 0 Å². The molecule has 21 heavy (non-hydrogen) atoms. The van der Waals surface area contributed by atoms with Gasteiger partial charge in [-0.1, -0.05) is 11.6 Å². The molecular weight excluding hydrogens is 340 g/mol. The molecule has 0 N–H and O–H groups in total. The van der Waals surface area contributed by atoms with Crippen LogP contribution in [0.5, 0.6) is 0 Å². The highest BCUT2D eigenvalue weighted by Crippen LogP contribution is 2.30. The maximum Gasteiger partial charge on any atom is 0.244 e. The van der Waals surface area contributed by atoms with Crippen LogP contribution in [0.25, 0.3) is 0 Å². The standard InChI is InChI=1S/C13H16Cl2FNO3S/c1-13(2)8-17(7-10(6-14)20-13)21(18,19)12-5-9(16)3-4-11(12)15/h3-5,10H,6-8H2,1-2H3. The molecule has 0 bridgehead atoms. The fraction of sp³-hybridized carbons (Fsp3) is 0.538. The Hall–Kier alpha value is -0.400. The van der Waals surface area contributed by atoms with Gasteiger partial charge in [-0.25, -0.2) is 12.8 Å². The number of hydrogen-bond acceptors (Lipinski definition) is 3. The number of halogens is 3. The van der Waals surface area contributed by atoms with Gasteiger partial charge in [0.1, 0.15) is 10.7 Å². The first-order valence-corrected chi connectivity index (χ1v) is 8.70. The monoisotopic (exact) mass is 355 g/mol. The van der Waals surface area contributed by atoms with Gasteiger partial charge in [-0.05, 0) is 32.0 Å². The number of ether oxygens (including phenoxy) is 1. The summed E-state index contributed by atoms with van der Waals surface area (Å²) in [6.45, 7) is 3.82. The second kappa shape index (κ2) is 6.01. The van der Waals surface area contributed by atoms with Gasteiger partial charge in [-0.3, -0.25) is 0 Å². The summed E-state index contributed by atoms with van der Waals surface area (Å²) in [6.07, 6.45) is -0.419. The number of hydrogen-bond donors (Lipinski definition) is 0. The minimum Gasteiger partial charge on any atom is -0.368 e. The quantitative estimate of drug-likeness (QED) is 0.783. The lowest BCUT2D eigenvalue weighted by Crippen LogP contribution is -2.55. The van der Waals surface area contributed by atoms with Crippen LogP contribution >= 0.6 is 23.2 Å². The SMILES string of the molecule is CC1(C)CN(S(=O)(=O)c2cc(F)ccc2Cl)CC(CCl)O1. The van der Waals surface area contributed by atoms with Gasteiger partial charge in [0, 0.05) is 19.0 Å². The molecule has 0 spiro atoms. The van der Waals surface area contributed by atoms with Crippen LogP contribution < -0.4 is 0 Å². The number of nitrogens with zero attached hydrogens (tertiary/aromatic N) is 1. The summed E-state index contributed by atoms with van der Waals surface area (Å²) in [4.78, 5) is -0.241. The number of alkyl halides is 1. The van der Waals surface area contributed by atoms with Crippen molar-refractivity contribution in [3.05, 3.63) is 29.0 Å². The lowest BCUT2D eigenvalue weighted by Gasteiger charge is -2.41. The van der Waals surface area contributed by atoms with Crippen molar-refractivity contribution in [2.75, 3.05) is 19.0 Å². The molecule has 1 aliphatic heterocycles. The molecule has 1 unspecified atom stereocenters. The topological polar surface area (TPSA) is 46.6 Å². The van der Waals surface area contributed by atoms with E-state index in [1.54, 1.807) is 13.8 Å². The number of morpholine rings is 1. The predicted octanol–water partition coefficient (Wildman–Crippen LogP) is 2.89. The summed E-state index contributed by atoms with van der Waals surface area (Å²) in [6, 6.07) is 3.27. The van der Waals surface area contributed by atoms with Crippen molar-refractivity contribution >= 4 is 33.2 Å². The molecule has 0 aliphatic carbocycles. The average Bonchev–Trinajstić information content (AvgIpc) is 2.39. The van der Waals surface area contributed by atoms with Crippen molar-refractivity contribution in [2.24, 2.45) is 0 Å². The van der Waals surface area contributed by atoms with Crippen molar-refractivity contribution in [3.63, 3.8) is 0 Å². The maximum absolute atomic E-state index is 13.4. The molecule has 1 atom stereocenters. The van der Waals surface area contributed by atoms with Gasteiger partial charge in [-0.2, -0.15) is 4.31 Å². The predicted molar refractivity (Wildman–Crippen MR) is 79.8 cm³/mol. The molecule has 0 saturated carbocycles. The molecule has 0 amide bonds. The van der Waals surface area contributed by atoms with Crippen LogP contribution in [0.15, 0.2) is 23.1 Å². The van der Waals surface area contributed by atoms with E-state index in [2.05, 4.69) is 0 Å². The van der Waals surface area contributed by atoms with Gasteiger partial charge < -0.3 is 4.74 Å². The van der Waals surface area contributed by atoms with Gasteiger partial charge >= 0.3 is 0 Å². The Morgan fingerprint density at radius 2 is 2.14 bits per heavy atom. The highest BCUT2D eigenvalue weighted by Gasteiger charge is 2.39. The Morgan fingerprint density at radius 3 is 2.76 bits per heavy atom. The first kappa shape index (κ1) is 17.0. The molecule has 1 heterocycles. The van der Waals surface area contributed by atoms with Gasteiger partial charge in [-0.15, -0.1) is 11.6 Å². The van der Waals surface area contributed by atoms with Crippen molar-refractivity contribution < 1.29 is 17.5 Å². The van der Waals surface area contributed by atoms with Crippen LogP contribution in [-0.4, -0.2) is 43.4 Å². The Labute approximate surface area is 133 Å². The third-order valence-electron chi connectivity index (χ3n) is 3.13. The first-order valence-electron chi connectivity index (χ1n) is 6.35. The summed E-state index contributed by atoms with van der Waals surface area (Å²) in [7, 11) is -3.91. The second-order valence-corrected chi connectivity index (χ2v) is 8.15. The van der Waals surface area contributed by atoms with E-state index < -0.39 is 27.5 Å². The van der Waals surface area contributed by atoms with Gasteiger partial charge in [0.15, 0.2) is 0 Å². The summed E-state index contributed by atoms with van der Waals surface area (Å²) in [5.74, 6) is -0.480. The molecule has 8 heteroatoms. The maximum atomic E-state index is 13.4. The average molecular weight is 356 g/mol. The summed E-state index contributed by atoms with van der Waals surface area (Å²) >= 11 is 11.7. The molecular formula is C13H16Cl2FNO3S. The van der Waals surface area contributed by atoms with E-state index >= 15 is 0 Å². The van der Waals surface area contributed by atoms with E-state index in [0.29, 0.717) is 0 Å². The summed E-state index contributed by atoms with van der Waals surface area (Å²) < 4.78 is 45.7. The second-order valence-electron chi connectivity index (χ2n) is 5.53. The van der Waals surface area contributed by atoms with E-state index in [-0.39, 0.29) is 28.9 Å². The molecule has 0 aromatic heterocycles. The molecule has 0 radical (unpaired) electrons. The zero-order valence-corrected chi connectivity index (χ0v) is 14.0. The first-order chi connectivity index (χ1) is 9.65. The molecule has 1 fully saturated rings. The minimum absolute atomic E-state index is 0.0110. The van der Waals surface area contributed by atoms with Gasteiger partial charge in [0.05, 0.1) is 16.7 Å². The highest BCUT2D eigenvalue weighted by atomic mass is 35.5. The summed E-state index contributed by atoms with van der Waals surface area (Å²) in [5.41, 5.74) is -0.676. The van der Waals surface area contributed by atoms with Crippen LogP contribution in [0.4, 0.5) is 4.39 Å². The highest BCUT2D eigenvalue weighted by molar-refractivity contribution is 7.89. The van der Waals surface area contributed by atoms with Crippen molar-refractivity contribution in [3.8, 4) is 0 Å². The molecule has 1 aromatic rings. The van der Waals surface area contributed by atoms with Crippen LogP contribution in [0.2, 0.25) is 5.02 Å². The molecule has 1 aliphatic rings. The lowest BCUT2D eigenvalue weighted by atomic mass is 10.1. The smallest absolute Gasteiger partial charge is 0.244 e. The van der Waals surface area contributed by atoms with E-state index in [4.69, 9.17) is 27.9 Å². The normalized spacial score (nSPS) is 23.2. The molecule has 118 valence electrons. The molecule has 1 saturated heterocycles. The zero-order chi connectivity index (χ0) is 15.8. The Balaban J connectivity index is 2.41. The third kappa shape index (κ3) is 3.68. The van der Waals surface area contributed by atoms with Crippen molar-refractivity contribution in [1.82, 2.24) is 4.31 Å². The van der Waals surface area contributed by atoms with Gasteiger partial charge in [0.25, 0.3) is 0 Å².